The van der Waals surface area contributed by atoms with Gasteiger partial charge in [0.1, 0.15) is 0 Å². The number of carbonyl (C=O) groups excluding carboxylic acids is 2. The summed E-state index contributed by atoms with van der Waals surface area (Å²) in [7, 11) is 0. The van der Waals surface area contributed by atoms with Crippen LogP contribution in [0.15, 0.2) is 36.4 Å². The van der Waals surface area contributed by atoms with Crippen LogP contribution in [-0.2, 0) is 14.3 Å². The Morgan fingerprint density at radius 1 is 1.29 bits per heavy atom. The molecule has 0 spiro atoms. The number of hydrogen-bond acceptors (Lipinski definition) is 3. The summed E-state index contributed by atoms with van der Waals surface area (Å²) in [5.41, 5.74) is 0.736. The topological polar surface area (TPSA) is 55.4 Å². The Morgan fingerprint density at radius 3 is 2.67 bits per heavy atom. The van der Waals surface area contributed by atoms with E-state index in [9.17, 15) is 9.59 Å². The monoisotopic (exact) mass is 349 g/mol. The normalized spacial score (nSPS) is 18.2. The summed E-state index contributed by atoms with van der Waals surface area (Å²) in [6, 6.07) is 6.77. The van der Waals surface area contributed by atoms with Gasteiger partial charge in [0, 0.05) is 10.9 Å². The molecule has 1 aliphatic carbocycles. The lowest BCUT2D eigenvalue weighted by atomic mass is 9.92. The fourth-order valence-corrected chi connectivity index (χ4v) is 3.06. The van der Waals surface area contributed by atoms with Gasteiger partial charge in [-0.15, -0.1) is 0 Å². The standard InChI is InChI=1S/C19H24ClNO3/c1-13(2)24-18(22)12-17(15-10-6-7-11-16(15)20)21-19(23)14-8-4-3-5-9-14/h3-4,6-7,10-11,13-14,17H,5,8-9,12H2,1-2H3,(H,21,23)/t14-,17+/m1/s1. The van der Waals surface area contributed by atoms with Crippen molar-refractivity contribution in [1.82, 2.24) is 5.32 Å². The SMILES string of the molecule is CC(C)OC(=O)C[C@H](NC(=O)[C@@H]1CC=CCC1)c1ccccc1Cl. The van der Waals surface area contributed by atoms with Crippen molar-refractivity contribution < 1.29 is 14.3 Å². The average molecular weight is 350 g/mol. The maximum atomic E-state index is 12.6. The largest absolute Gasteiger partial charge is 0.463 e. The second-order valence-electron chi connectivity index (χ2n) is 6.31. The van der Waals surface area contributed by atoms with Crippen LogP contribution >= 0.6 is 11.6 Å². The average Bonchev–Trinajstić information content (AvgIpc) is 2.54. The molecule has 1 aliphatic rings. The number of nitrogens with one attached hydrogen (secondary N) is 1. The van der Waals surface area contributed by atoms with Crippen molar-refractivity contribution >= 4 is 23.5 Å². The first-order chi connectivity index (χ1) is 11.5. The van der Waals surface area contributed by atoms with Gasteiger partial charge < -0.3 is 10.1 Å². The Labute approximate surface area is 148 Å². The van der Waals surface area contributed by atoms with E-state index in [2.05, 4.69) is 11.4 Å². The van der Waals surface area contributed by atoms with Crippen LogP contribution in [0.25, 0.3) is 0 Å². The number of amides is 1. The van der Waals surface area contributed by atoms with Gasteiger partial charge in [0.05, 0.1) is 18.6 Å². The lowest BCUT2D eigenvalue weighted by molar-refractivity contribution is -0.148. The molecule has 0 bridgehead atoms. The molecule has 2 atom stereocenters. The number of allylic oxidation sites excluding steroid dienone is 2. The van der Waals surface area contributed by atoms with Gasteiger partial charge in [-0.25, -0.2) is 0 Å². The highest BCUT2D eigenvalue weighted by Crippen LogP contribution is 2.27. The fourth-order valence-electron chi connectivity index (χ4n) is 2.80. The molecule has 1 aromatic rings. The summed E-state index contributed by atoms with van der Waals surface area (Å²) >= 11 is 6.26. The van der Waals surface area contributed by atoms with Crippen molar-refractivity contribution in [3.05, 3.63) is 47.0 Å². The van der Waals surface area contributed by atoms with Gasteiger partial charge in [0.15, 0.2) is 0 Å². The van der Waals surface area contributed by atoms with Crippen molar-refractivity contribution in [2.24, 2.45) is 5.92 Å². The quantitative estimate of drug-likeness (QED) is 0.618. The smallest absolute Gasteiger partial charge is 0.308 e. The highest BCUT2D eigenvalue weighted by molar-refractivity contribution is 6.31. The van der Waals surface area contributed by atoms with Crippen molar-refractivity contribution in [3.8, 4) is 0 Å². The van der Waals surface area contributed by atoms with Crippen molar-refractivity contribution in [1.29, 1.82) is 0 Å². The molecule has 0 radical (unpaired) electrons. The van der Waals surface area contributed by atoms with Gasteiger partial charge in [-0.1, -0.05) is 42.0 Å². The second-order valence-corrected chi connectivity index (χ2v) is 6.71. The van der Waals surface area contributed by atoms with E-state index in [-0.39, 0.29) is 30.3 Å². The zero-order chi connectivity index (χ0) is 17.5. The van der Waals surface area contributed by atoms with E-state index in [4.69, 9.17) is 16.3 Å². The van der Waals surface area contributed by atoms with E-state index in [1.54, 1.807) is 19.9 Å². The van der Waals surface area contributed by atoms with E-state index < -0.39 is 6.04 Å². The number of carbonyl (C=O) groups is 2. The first kappa shape index (κ1) is 18.5. The molecule has 2 rings (SSSR count). The predicted molar refractivity (Wildman–Crippen MR) is 94.7 cm³/mol. The molecule has 130 valence electrons. The minimum Gasteiger partial charge on any atom is -0.463 e. The minimum atomic E-state index is -0.483. The third kappa shape index (κ3) is 5.38. The van der Waals surface area contributed by atoms with Crippen LogP contribution in [-0.4, -0.2) is 18.0 Å². The van der Waals surface area contributed by atoms with Crippen molar-refractivity contribution in [2.45, 2.75) is 51.7 Å². The number of ether oxygens (including phenoxy) is 1. The molecule has 0 saturated heterocycles. The van der Waals surface area contributed by atoms with Gasteiger partial charge in [0.2, 0.25) is 5.91 Å². The van der Waals surface area contributed by atoms with Crippen LogP contribution in [0.5, 0.6) is 0 Å². The molecule has 1 aromatic carbocycles. The fraction of sp³-hybridized carbons (Fsp3) is 0.474. The molecule has 0 aliphatic heterocycles. The molecule has 0 heterocycles. The van der Waals surface area contributed by atoms with Crippen molar-refractivity contribution in [3.63, 3.8) is 0 Å². The molecule has 0 saturated carbocycles. The Balaban J connectivity index is 2.13. The summed E-state index contributed by atoms with van der Waals surface area (Å²) in [5, 5.41) is 3.52. The van der Waals surface area contributed by atoms with Gasteiger partial charge in [-0.2, -0.15) is 0 Å². The van der Waals surface area contributed by atoms with Crippen LogP contribution in [0.3, 0.4) is 0 Å². The first-order valence-electron chi connectivity index (χ1n) is 8.36. The number of rotatable bonds is 6. The lowest BCUT2D eigenvalue weighted by Gasteiger charge is -2.24. The Morgan fingerprint density at radius 2 is 2.04 bits per heavy atom. The molecule has 0 unspecified atom stereocenters. The molecular formula is C19H24ClNO3. The molecule has 1 amide bonds. The van der Waals surface area contributed by atoms with Crippen LogP contribution < -0.4 is 5.32 Å². The summed E-state index contributed by atoms with van der Waals surface area (Å²) in [6.45, 7) is 3.60. The number of esters is 1. The zero-order valence-electron chi connectivity index (χ0n) is 14.1. The summed E-state index contributed by atoms with van der Waals surface area (Å²) in [4.78, 5) is 24.6. The van der Waals surface area contributed by atoms with Crippen molar-refractivity contribution in [2.75, 3.05) is 0 Å². The third-order valence-electron chi connectivity index (χ3n) is 3.97. The lowest BCUT2D eigenvalue weighted by Crippen LogP contribution is -2.36. The summed E-state index contributed by atoms with van der Waals surface area (Å²) < 4.78 is 5.22. The second kappa shape index (κ2) is 8.88. The van der Waals surface area contributed by atoms with E-state index in [0.29, 0.717) is 5.02 Å². The number of hydrogen-bond donors (Lipinski definition) is 1. The Bertz CT molecular complexity index is 612. The molecule has 0 fully saturated rings. The van der Waals surface area contributed by atoms with Crippen LogP contribution in [0.1, 0.15) is 51.1 Å². The van der Waals surface area contributed by atoms with E-state index in [1.165, 1.54) is 0 Å². The van der Waals surface area contributed by atoms with E-state index in [0.717, 1.165) is 24.8 Å². The van der Waals surface area contributed by atoms with Gasteiger partial charge in [-0.05, 0) is 44.7 Å². The first-order valence-corrected chi connectivity index (χ1v) is 8.74. The molecule has 0 aromatic heterocycles. The minimum absolute atomic E-state index is 0.0402. The summed E-state index contributed by atoms with van der Waals surface area (Å²) in [6.07, 6.45) is 6.47. The van der Waals surface area contributed by atoms with Crippen LogP contribution in [0, 0.1) is 5.92 Å². The Kier molecular flexibility index (Phi) is 6.85. The van der Waals surface area contributed by atoms with Gasteiger partial charge in [-0.3, -0.25) is 9.59 Å². The summed E-state index contributed by atoms with van der Waals surface area (Å²) in [5.74, 6) is -0.443. The third-order valence-corrected chi connectivity index (χ3v) is 4.32. The van der Waals surface area contributed by atoms with Gasteiger partial charge in [0.25, 0.3) is 0 Å². The maximum absolute atomic E-state index is 12.6. The number of benzene rings is 1. The molecule has 4 nitrogen and oxygen atoms in total. The van der Waals surface area contributed by atoms with Crippen LogP contribution in [0.2, 0.25) is 5.02 Å². The predicted octanol–water partition coefficient (Wildman–Crippen LogP) is 4.20. The number of halogens is 1. The molecule has 5 heteroatoms. The molecule has 1 N–H and O–H groups in total. The Hall–Kier alpha value is -1.81. The highest BCUT2D eigenvalue weighted by atomic mass is 35.5. The van der Waals surface area contributed by atoms with Crippen LogP contribution in [0.4, 0.5) is 0 Å². The van der Waals surface area contributed by atoms with E-state index >= 15 is 0 Å². The molecular weight excluding hydrogens is 326 g/mol. The molecule has 24 heavy (non-hydrogen) atoms. The maximum Gasteiger partial charge on any atom is 0.308 e. The van der Waals surface area contributed by atoms with Gasteiger partial charge >= 0.3 is 5.97 Å². The zero-order valence-corrected chi connectivity index (χ0v) is 14.9. The van der Waals surface area contributed by atoms with E-state index in [1.807, 2.05) is 24.3 Å². The highest BCUT2D eigenvalue weighted by Gasteiger charge is 2.26.